The van der Waals surface area contributed by atoms with Crippen LogP contribution in [0.25, 0.3) is 0 Å². The number of aliphatic imine (C=N–C) groups is 1. The highest BCUT2D eigenvalue weighted by atomic mass is 127. The summed E-state index contributed by atoms with van der Waals surface area (Å²) in [6.45, 7) is 10.1. The number of fused-ring (bicyclic) bond motifs is 1. The highest BCUT2D eigenvalue weighted by molar-refractivity contribution is 14.0. The van der Waals surface area contributed by atoms with Crippen molar-refractivity contribution in [2.75, 3.05) is 32.8 Å². The van der Waals surface area contributed by atoms with Gasteiger partial charge in [-0.05, 0) is 44.1 Å². The van der Waals surface area contributed by atoms with Gasteiger partial charge in [0.25, 0.3) is 0 Å². The molecule has 6 nitrogen and oxygen atoms in total. The molecule has 0 radical (unpaired) electrons. The maximum absolute atomic E-state index is 12.8. The zero-order chi connectivity index (χ0) is 21.8. The summed E-state index contributed by atoms with van der Waals surface area (Å²) in [5.74, 6) is 2.08. The second-order valence-corrected chi connectivity index (χ2v) is 9.90. The van der Waals surface area contributed by atoms with Crippen LogP contribution in [0.4, 0.5) is 0 Å². The summed E-state index contributed by atoms with van der Waals surface area (Å²) in [4.78, 5) is 19.4. The Hall–Kier alpha value is -1.35. The molecule has 2 aliphatic heterocycles. The van der Waals surface area contributed by atoms with Crippen molar-refractivity contribution in [3.05, 3.63) is 35.9 Å². The van der Waals surface area contributed by atoms with E-state index >= 15 is 0 Å². The van der Waals surface area contributed by atoms with Gasteiger partial charge in [-0.15, -0.1) is 24.0 Å². The summed E-state index contributed by atoms with van der Waals surface area (Å²) >= 11 is 0. The molecule has 4 rings (SSSR count). The lowest BCUT2D eigenvalue weighted by molar-refractivity contribution is -0.131. The first-order valence-electron chi connectivity index (χ1n) is 12.0. The van der Waals surface area contributed by atoms with Gasteiger partial charge in [0.2, 0.25) is 5.91 Å². The molecule has 3 fully saturated rings. The van der Waals surface area contributed by atoms with E-state index in [1.807, 2.05) is 4.90 Å². The number of guanidine groups is 1. The van der Waals surface area contributed by atoms with E-state index in [-0.39, 0.29) is 41.8 Å². The molecule has 0 aromatic heterocycles. The highest BCUT2D eigenvalue weighted by Gasteiger charge is 2.59. The summed E-state index contributed by atoms with van der Waals surface area (Å²) in [7, 11) is 0. The van der Waals surface area contributed by atoms with Crippen molar-refractivity contribution in [1.82, 2.24) is 15.5 Å². The normalized spacial score (nSPS) is 27.2. The summed E-state index contributed by atoms with van der Waals surface area (Å²) < 4.78 is 5.90. The van der Waals surface area contributed by atoms with Crippen molar-refractivity contribution in [2.45, 2.75) is 58.6 Å². The van der Waals surface area contributed by atoms with Crippen molar-refractivity contribution in [1.29, 1.82) is 0 Å². The zero-order valence-corrected chi connectivity index (χ0v) is 22.0. The number of rotatable bonds is 6. The van der Waals surface area contributed by atoms with Gasteiger partial charge >= 0.3 is 0 Å². The van der Waals surface area contributed by atoms with Gasteiger partial charge in [-0.1, -0.05) is 44.2 Å². The van der Waals surface area contributed by atoms with Crippen LogP contribution in [-0.2, 0) is 16.0 Å². The van der Waals surface area contributed by atoms with E-state index < -0.39 is 0 Å². The number of ether oxygens (including phenoxy) is 1. The lowest BCUT2D eigenvalue weighted by Crippen LogP contribution is -2.68. The minimum absolute atomic E-state index is 0. The van der Waals surface area contributed by atoms with Crippen molar-refractivity contribution in [3.8, 4) is 0 Å². The molecule has 0 bridgehead atoms. The molecule has 2 N–H and O–H groups in total. The van der Waals surface area contributed by atoms with Gasteiger partial charge in [0.15, 0.2) is 5.96 Å². The van der Waals surface area contributed by atoms with Crippen molar-refractivity contribution in [3.63, 3.8) is 0 Å². The van der Waals surface area contributed by atoms with Crippen molar-refractivity contribution >= 4 is 35.8 Å². The molecule has 2 saturated heterocycles. The van der Waals surface area contributed by atoms with Crippen LogP contribution in [0.3, 0.4) is 0 Å². The Kier molecular flexibility index (Phi) is 8.83. The molecular formula is C25H39IN4O2. The average molecular weight is 555 g/mol. The molecule has 3 atom stereocenters. The van der Waals surface area contributed by atoms with Gasteiger partial charge in [-0.25, -0.2) is 4.99 Å². The lowest BCUT2D eigenvalue weighted by atomic mass is 9.57. The number of likely N-dealkylation sites (tertiary alicyclic amines) is 1. The number of nitrogens with zero attached hydrogens (tertiary/aromatic N) is 2. The Labute approximate surface area is 210 Å². The van der Waals surface area contributed by atoms with E-state index in [1.165, 1.54) is 5.56 Å². The molecule has 3 unspecified atom stereocenters. The Morgan fingerprint density at radius 2 is 1.91 bits per heavy atom. The molecule has 2 heterocycles. The molecule has 1 aliphatic carbocycles. The number of carbonyl (C=O) groups is 1. The second-order valence-electron chi connectivity index (χ2n) is 9.90. The number of hydrogen-bond donors (Lipinski definition) is 2. The zero-order valence-electron chi connectivity index (χ0n) is 19.7. The molecule has 1 saturated carbocycles. The highest BCUT2D eigenvalue weighted by Crippen LogP contribution is 2.52. The first-order chi connectivity index (χ1) is 15.0. The van der Waals surface area contributed by atoms with Gasteiger partial charge in [-0.2, -0.15) is 0 Å². The van der Waals surface area contributed by atoms with E-state index in [1.54, 1.807) is 0 Å². The quantitative estimate of drug-likeness (QED) is 0.321. The first kappa shape index (κ1) is 25.3. The molecule has 178 valence electrons. The minimum Gasteiger partial charge on any atom is -0.377 e. The number of carbonyl (C=O) groups excluding carboxylic acids is 1. The Morgan fingerprint density at radius 3 is 2.59 bits per heavy atom. The smallest absolute Gasteiger partial charge is 0.244 e. The number of nitrogens with one attached hydrogen (secondary N) is 2. The summed E-state index contributed by atoms with van der Waals surface area (Å²) in [5.41, 5.74) is 1.48. The van der Waals surface area contributed by atoms with E-state index in [9.17, 15) is 4.79 Å². The van der Waals surface area contributed by atoms with Gasteiger partial charge in [-0.3, -0.25) is 4.79 Å². The van der Waals surface area contributed by atoms with Crippen LogP contribution in [0.2, 0.25) is 0 Å². The van der Waals surface area contributed by atoms with Crippen LogP contribution >= 0.6 is 24.0 Å². The third kappa shape index (κ3) is 5.58. The van der Waals surface area contributed by atoms with Crippen molar-refractivity contribution < 1.29 is 9.53 Å². The Balaban J connectivity index is 0.00000289. The maximum Gasteiger partial charge on any atom is 0.244 e. The maximum atomic E-state index is 12.8. The van der Waals surface area contributed by atoms with Crippen molar-refractivity contribution in [2.24, 2.45) is 22.2 Å². The minimum atomic E-state index is 0. The predicted molar refractivity (Wildman–Crippen MR) is 139 cm³/mol. The fourth-order valence-corrected chi connectivity index (χ4v) is 5.67. The van der Waals surface area contributed by atoms with Crippen LogP contribution in [0.15, 0.2) is 35.3 Å². The van der Waals surface area contributed by atoms with E-state index in [4.69, 9.17) is 4.74 Å². The Morgan fingerprint density at radius 1 is 1.19 bits per heavy atom. The number of piperidine rings is 1. The standard InChI is InChI=1S/C25H38N4O2.HI/c1-4-26-24(28-22-20-12-15-31-23(20)25(22,2)3)27-17-21(30)29-13-10-19(11-14-29)16-18-8-6-5-7-9-18;/h5-9,19-20,22-23H,4,10-17H2,1-3H3,(H2,26,27,28);1H. The van der Waals surface area contributed by atoms with Crippen LogP contribution in [0.5, 0.6) is 0 Å². The fraction of sp³-hybridized carbons (Fsp3) is 0.680. The molecular weight excluding hydrogens is 515 g/mol. The van der Waals surface area contributed by atoms with E-state index in [0.717, 1.165) is 57.9 Å². The molecule has 1 aromatic rings. The van der Waals surface area contributed by atoms with E-state index in [2.05, 4.69) is 66.7 Å². The van der Waals surface area contributed by atoms with Gasteiger partial charge in [0.05, 0.1) is 6.10 Å². The summed E-state index contributed by atoms with van der Waals surface area (Å²) in [5, 5.41) is 6.92. The number of hydrogen-bond acceptors (Lipinski definition) is 3. The van der Waals surface area contributed by atoms with Crippen LogP contribution in [0, 0.1) is 17.3 Å². The molecule has 3 aliphatic rings. The Bertz CT molecular complexity index is 777. The van der Waals surface area contributed by atoms with Gasteiger partial charge in [0.1, 0.15) is 6.54 Å². The van der Waals surface area contributed by atoms with Crippen LogP contribution in [-0.4, -0.2) is 61.7 Å². The van der Waals surface area contributed by atoms with Gasteiger partial charge < -0.3 is 20.3 Å². The van der Waals surface area contributed by atoms with E-state index in [0.29, 0.717) is 24.0 Å². The number of benzene rings is 1. The number of amides is 1. The second kappa shape index (κ2) is 11.2. The topological polar surface area (TPSA) is 66.0 Å². The third-order valence-corrected chi connectivity index (χ3v) is 7.44. The predicted octanol–water partition coefficient (Wildman–Crippen LogP) is 3.45. The molecule has 32 heavy (non-hydrogen) atoms. The largest absolute Gasteiger partial charge is 0.377 e. The lowest BCUT2D eigenvalue weighted by Gasteiger charge is -2.54. The molecule has 7 heteroatoms. The summed E-state index contributed by atoms with van der Waals surface area (Å²) in [6.07, 6.45) is 4.69. The SMILES string of the molecule is CCNC(=NCC(=O)N1CCC(Cc2ccccc2)CC1)NC1C2CCOC2C1(C)C.I. The molecule has 1 aromatic carbocycles. The fourth-order valence-electron chi connectivity index (χ4n) is 5.67. The van der Waals surface area contributed by atoms with Crippen LogP contribution in [0.1, 0.15) is 45.6 Å². The van der Waals surface area contributed by atoms with Gasteiger partial charge in [0, 0.05) is 43.6 Å². The monoisotopic (exact) mass is 554 g/mol. The summed E-state index contributed by atoms with van der Waals surface area (Å²) in [6, 6.07) is 11.0. The molecule has 1 amide bonds. The first-order valence-corrected chi connectivity index (χ1v) is 12.0. The third-order valence-electron chi connectivity index (χ3n) is 7.44. The molecule has 0 spiro atoms. The average Bonchev–Trinajstić information content (AvgIpc) is 3.24. The van der Waals surface area contributed by atoms with Crippen LogP contribution < -0.4 is 10.6 Å². The number of halogens is 1.